The van der Waals surface area contributed by atoms with E-state index in [1.165, 1.54) is 30.3 Å². The molecule has 1 aliphatic rings. The summed E-state index contributed by atoms with van der Waals surface area (Å²) >= 11 is -1.01. The molecule has 2 aromatic carbocycles. The second-order valence-corrected chi connectivity index (χ2v) is 6.87. The van der Waals surface area contributed by atoms with E-state index in [2.05, 4.69) is 0 Å². The van der Waals surface area contributed by atoms with Crippen LogP contribution in [-0.4, -0.2) is 29.2 Å². The molecule has 0 saturated carbocycles. The maximum Gasteiger partial charge on any atom is 0.460 e. The summed E-state index contributed by atoms with van der Waals surface area (Å²) in [5.74, 6) is -7.82. The molecule has 3 rings (SSSR count). The third-order valence-electron chi connectivity index (χ3n) is 3.84. The Morgan fingerprint density at radius 3 is 1.79 bits per heavy atom. The Hall–Kier alpha value is -2.56. The van der Waals surface area contributed by atoms with Crippen LogP contribution in [0.4, 0.5) is 36.4 Å². The molecule has 3 nitrogen and oxygen atoms in total. The Balaban J connectivity index is 1.92. The van der Waals surface area contributed by atoms with Gasteiger partial charge in [-0.3, -0.25) is 9.59 Å². The molecule has 0 unspecified atom stereocenters. The van der Waals surface area contributed by atoms with Crippen molar-refractivity contribution in [2.45, 2.75) is 22.2 Å². The van der Waals surface area contributed by atoms with E-state index in [9.17, 15) is 40.3 Å². The second-order valence-electron chi connectivity index (χ2n) is 5.68. The molecule has 2 aromatic rings. The summed E-state index contributed by atoms with van der Waals surface area (Å²) in [5.41, 5.74) is -0.124. The lowest BCUT2D eigenvalue weighted by Crippen LogP contribution is -2.49. The number of imide groups is 1. The molecule has 1 heterocycles. The van der Waals surface area contributed by atoms with Crippen LogP contribution < -0.4 is 4.90 Å². The first-order chi connectivity index (χ1) is 12.9. The minimum absolute atomic E-state index is 0.0551. The van der Waals surface area contributed by atoms with Gasteiger partial charge in [0.05, 0.1) is 16.8 Å². The maximum absolute atomic E-state index is 13.6. The summed E-state index contributed by atoms with van der Waals surface area (Å²) in [4.78, 5) is 24.7. The number of carbonyl (C=O) groups is 2. The van der Waals surface area contributed by atoms with Crippen molar-refractivity contribution in [3.05, 3.63) is 59.7 Å². The molecule has 0 N–H and O–H groups in total. The number of carbonyl (C=O) groups excluding carboxylic acids is 2. The smallest absolute Gasteiger partial charge is 0.268 e. The van der Waals surface area contributed by atoms with Crippen LogP contribution in [0.2, 0.25) is 0 Å². The number of thioether (sulfide) groups is 1. The van der Waals surface area contributed by atoms with Gasteiger partial charge >= 0.3 is 17.4 Å². The first kappa shape index (κ1) is 20.2. The highest BCUT2D eigenvalue weighted by Gasteiger charge is 2.73. The molecule has 28 heavy (non-hydrogen) atoms. The average Bonchev–Trinajstić information content (AvgIpc) is 2.85. The van der Waals surface area contributed by atoms with Crippen molar-refractivity contribution >= 4 is 29.3 Å². The Morgan fingerprint density at radius 1 is 0.750 bits per heavy atom. The second kappa shape index (κ2) is 6.50. The van der Waals surface area contributed by atoms with Crippen molar-refractivity contribution < 1.29 is 40.3 Å². The van der Waals surface area contributed by atoms with Crippen molar-refractivity contribution in [1.82, 2.24) is 0 Å². The molecule has 148 valence electrons. The van der Waals surface area contributed by atoms with Gasteiger partial charge in [0.2, 0.25) is 0 Å². The molecule has 11 heteroatoms. The summed E-state index contributed by atoms with van der Waals surface area (Å²) < 4.78 is 90.2. The van der Waals surface area contributed by atoms with Gasteiger partial charge in [-0.2, -0.15) is 30.7 Å². The summed E-state index contributed by atoms with van der Waals surface area (Å²) in [6.07, 6.45) is -6.45. The van der Waals surface area contributed by atoms with E-state index in [1.54, 1.807) is 0 Å². The van der Waals surface area contributed by atoms with Crippen LogP contribution in [0.1, 0.15) is 20.7 Å². The van der Waals surface area contributed by atoms with Gasteiger partial charge < -0.3 is 0 Å². The van der Waals surface area contributed by atoms with Gasteiger partial charge in [0.1, 0.15) is 0 Å². The van der Waals surface area contributed by atoms with E-state index in [4.69, 9.17) is 0 Å². The third kappa shape index (κ3) is 3.13. The third-order valence-corrected chi connectivity index (χ3v) is 4.84. The van der Waals surface area contributed by atoms with Gasteiger partial charge in [-0.05, 0) is 42.1 Å². The number of fused-ring (bicyclic) bond motifs is 1. The maximum atomic E-state index is 13.6. The SMILES string of the molecule is O=C1c2ccccc2C(=O)N1c1cccc(SC(F)(F)C(F)(F)C(F)(F)F)c1. The van der Waals surface area contributed by atoms with Crippen LogP contribution in [-0.2, 0) is 0 Å². The molecule has 0 radical (unpaired) electrons. The fourth-order valence-corrected chi connectivity index (χ4v) is 3.35. The lowest BCUT2D eigenvalue weighted by Gasteiger charge is -2.27. The predicted octanol–water partition coefficient (Wildman–Crippen LogP) is 5.37. The summed E-state index contributed by atoms with van der Waals surface area (Å²) in [6, 6.07) is 9.60. The zero-order valence-corrected chi connectivity index (χ0v) is 14.3. The normalized spacial score (nSPS) is 15.2. The van der Waals surface area contributed by atoms with Crippen LogP contribution >= 0.6 is 11.8 Å². The first-order valence-electron chi connectivity index (χ1n) is 7.46. The highest BCUT2D eigenvalue weighted by atomic mass is 32.2. The van der Waals surface area contributed by atoms with E-state index in [0.717, 1.165) is 18.2 Å². The number of anilines is 1. The van der Waals surface area contributed by atoms with E-state index < -0.39 is 45.8 Å². The summed E-state index contributed by atoms with van der Waals surface area (Å²) in [7, 11) is 0. The van der Waals surface area contributed by atoms with Gasteiger partial charge in [-0.15, -0.1) is 0 Å². The Labute approximate surface area is 157 Å². The van der Waals surface area contributed by atoms with Crippen LogP contribution in [0.25, 0.3) is 0 Å². The molecule has 0 fully saturated rings. The van der Waals surface area contributed by atoms with E-state index in [0.29, 0.717) is 4.90 Å². The standard InChI is InChI=1S/C17H8F7NO2S/c18-15(19,16(20,21)22)17(23,24)28-10-5-3-4-9(8-10)25-13(26)11-6-1-2-7-12(11)14(25)27/h1-8H. The minimum Gasteiger partial charge on any atom is -0.268 e. The number of alkyl halides is 7. The molecular weight excluding hydrogens is 415 g/mol. The molecule has 0 atom stereocenters. The van der Waals surface area contributed by atoms with Crippen molar-refractivity contribution in [2.24, 2.45) is 0 Å². The number of nitrogens with zero attached hydrogens (tertiary/aromatic N) is 1. The molecular formula is C17H8F7NO2S. The number of hydrogen-bond acceptors (Lipinski definition) is 3. The first-order valence-corrected chi connectivity index (χ1v) is 8.28. The fraction of sp³-hybridized carbons (Fsp3) is 0.176. The van der Waals surface area contributed by atoms with Crippen molar-refractivity contribution in [2.75, 3.05) is 4.90 Å². The monoisotopic (exact) mass is 423 g/mol. The number of benzene rings is 2. The highest BCUT2D eigenvalue weighted by Crippen LogP contribution is 2.54. The lowest BCUT2D eigenvalue weighted by atomic mass is 10.1. The molecule has 0 aliphatic carbocycles. The number of amides is 2. The summed E-state index contributed by atoms with van der Waals surface area (Å²) in [5, 5.41) is -5.51. The van der Waals surface area contributed by atoms with Gasteiger partial charge in [0, 0.05) is 4.90 Å². The molecule has 0 saturated heterocycles. The zero-order chi connectivity index (χ0) is 20.9. The number of hydrogen-bond donors (Lipinski definition) is 0. The Kier molecular flexibility index (Phi) is 4.69. The minimum atomic E-state index is -6.45. The van der Waals surface area contributed by atoms with Gasteiger partial charge in [-0.25, -0.2) is 4.90 Å². The van der Waals surface area contributed by atoms with Crippen molar-refractivity contribution in [3.63, 3.8) is 0 Å². The Bertz CT molecular complexity index is 924. The van der Waals surface area contributed by atoms with Gasteiger partial charge in [-0.1, -0.05) is 18.2 Å². The van der Waals surface area contributed by atoms with E-state index in [1.807, 2.05) is 0 Å². The van der Waals surface area contributed by atoms with Crippen molar-refractivity contribution in [1.29, 1.82) is 0 Å². The number of halogens is 7. The largest absolute Gasteiger partial charge is 0.460 e. The Morgan fingerprint density at radius 2 is 1.29 bits per heavy atom. The molecule has 2 amide bonds. The van der Waals surface area contributed by atoms with Gasteiger partial charge in [0.15, 0.2) is 0 Å². The van der Waals surface area contributed by atoms with Crippen LogP contribution in [0, 0.1) is 0 Å². The van der Waals surface area contributed by atoms with Crippen molar-refractivity contribution in [3.8, 4) is 0 Å². The van der Waals surface area contributed by atoms with Crippen LogP contribution in [0.5, 0.6) is 0 Å². The van der Waals surface area contributed by atoms with E-state index >= 15 is 0 Å². The molecule has 0 bridgehead atoms. The molecule has 0 spiro atoms. The predicted molar refractivity (Wildman–Crippen MR) is 85.8 cm³/mol. The average molecular weight is 423 g/mol. The number of rotatable bonds is 4. The van der Waals surface area contributed by atoms with Gasteiger partial charge in [0.25, 0.3) is 11.8 Å². The van der Waals surface area contributed by atoms with Crippen LogP contribution in [0.15, 0.2) is 53.4 Å². The van der Waals surface area contributed by atoms with Crippen LogP contribution in [0.3, 0.4) is 0 Å². The lowest BCUT2D eigenvalue weighted by molar-refractivity contribution is -0.330. The summed E-state index contributed by atoms with van der Waals surface area (Å²) in [6.45, 7) is 0. The quantitative estimate of drug-likeness (QED) is 0.377. The topological polar surface area (TPSA) is 37.4 Å². The zero-order valence-electron chi connectivity index (χ0n) is 13.4. The molecule has 1 aliphatic heterocycles. The van der Waals surface area contributed by atoms with E-state index in [-0.39, 0.29) is 16.8 Å². The molecule has 0 aromatic heterocycles. The highest BCUT2D eigenvalue weighted by molar-refractivity contribution is 8.00. The fourth-order valence-electron chi connectivity index (χ4n) is 2.49.